The molecule has 0 aliphatic carbocycles. The summed E-state index contributed by atoms with van der Waals surface area (Å²) in [5, 5.41) is 0. The Bertz CT molecular complexity index is 440. The average Bonchev–Trinajstić information content (AvgIpc) is 2.27. The van der Waals surface area contributed by atoms with Gasteiger partial charge in [0.2, 0.25) is 0 Å². The van der Waals surface area contributed by atoms with E-state index < -0.39 is 34.7 Å². The van der Waals surface area contributed by atoms with Gasteiger partial charge in [-0.15, -0.1) is 0 Å². The third kappa shape index (κ3) is 3.09. The second-order valence-corrected chi connectivity index (χ2v) is 9.47. The first-order chi connectivity index (χ1) is 8.41. The second kappa shape index (κ2) is 5.27. The van der Waals surface area contributed by atoms with Gasteiger partial charge in [0.1, 0.15) is 0 Å². The van der Waals surface area contributed by atoms with Crippen molar-refractivity contribution in [2.24, 2.45) is 0 Å². The van der Waals surface area contributed by atoms with Crippen molar-refractivity contribution in [2.75, 3.05) is 0 Å². The predicted octanol–water partition coefficient (Wildman–Crippen LogP) is 5.62. The fourth-order valence-corrected chi connectivity index (χ4v) is 4.96. The van der Waals surface area contributed by atoms with Gasteiger partial charge in [-0.2, -0.15) is 0 Å². The number of rotatable bonds is 3. The monoisotopic (exact) mass is 422 g/mol. The summed E-state index contributed by atoms with van der Waals surface area (Å²) < 4.78 is 82.7. The number of aryl methyl sites for hydroxylation is 1. The van der Waals surface area contributed by atoms with Crippen LogP contribution in [0.3, 0.4) is 0 Å². The van der Waals surface area contributed by atoms with Gasteiger partial charge in [-0.3, -0.25) is 0 Å². The van der Waals surface area contributed by atoms with Crippen LogP contribution in [-0.2, 0) is 0 Å². The second-order valence-electron chi connectivity index (χ2n) is 3.60. The van der Waals surface area contributed by atoms with Crippen molar-refractivity contribution >= 4 is 27.6 Å². The zero-order chi connectivity index (χ0) is 15.1. The maximum atomic E-state index is 13.3. The molecule has 0 amide bonds. The summed E-state index contributed by atoms with van der Waals surface area (Å²) in [6, 6.07) is 4.75. The quantitative estimate of drug-likeness (QED) is 0.337. The van der Waals surface area contributed by atoms with Crippen LogP contribution >= 0.6 is 27.6 Å². The molecule has 0 aliphatic heterocycles. The predicted molar refractivity (Wildman–Crippen MR) is 65.7 cm³/mol. The van der Waals surface area contributed by atoms with Gasteiger partial charge in [0.15, 0.2) is 0 Å². The van der Waals surface area contributed by atoms with Crippen molar-refractivity contribution in [2.45, 2.75) is 23.0 Å². The maximum absolute atomic E-state index is 13.3. The van der Waals surface area contributed by atoms with E-state index in [2.05, 4.69) is 0 Å². The first-order valence-corrected chi connectivity index (χ1v) is 9.55. The molecule has 1 rings (SSSR count). The fraction of sp³-hybridized carbons (Fsp3) is 0.400. The van der Waals surface area contributed by atoms with Gasteiger partial charge in [0, 0.05) is 0 Å². The molecular formula is C10H7ClF7I. The summed E-state index contributed by atoms with van der Waals surface area (Å²) in [7, 11) is 5.27. The van der Waals surface area contributed by atoms with Crippen LogP contribution in [0, 0.1) is 10.5 Å². The average molecular weight is 423 g/mol. The number of alkyl halides is 8. The Hall–Kier alpha value is -0.250. The molecule has 0 unspecified atom stereocenters. The van der Waals surface area contributed by atoms with Crippen molar-refractivity contribution in [3.05, 3.63) is 33.4 Å². The molecule has 0 heterocycles. The van der Waals surface area contributed by atoms with Crippen LogP contribution in [0.4, 0.5) is 30.7 Å². The Balaban J connectivity index is 3.16. The minimum atomic E-state index is -6.34. The number of hydrogen-bond acceptors (Lipinski definition) is 0. The van der Waals surface area contributed by atoms with E-state index in [1.165, 1.54) is 12.1 Å². The Morgan fingerprint density at radius 3 is 1.68 bits per heavy atom. The zero-order valence-electron chi connectivity index (χ0n) is 9.21. The van der Waals surface area contributed by atoms with E-state index in [4.69, 9.17) is 8.91 Å². The third-order valence-corrected chi connectivity index (χ3v) is 8.11. The molecule has 0 N–H and O–H groups in total. The molecule has 19 heavy (non-hydrogen) atoms. The van der Waals surface area contributed by atoms with Gasteiger partial charge in [-0.05, 0) is 0 Å². The molecule has 0 radical (unpaired) electrons. The van der Waals surface area contributed by atoms with E-state index in [0.29, 0.717) is 5.56 Å². The summed E-state index contributed by atoms with van der Waals surface area (Å²) in [5.41, 5.74) is 0.649. The molecule has 0 aliphatic rings. The van der Waals surface area contributed by atoms with E-state index in [-0.39, 0.29) is 3.57 Å². The summed E-state index contributed by atoms with van der Waals surface area (Å²) in [6.07, 6.45) is -6.34. The van der Waals surface area contributed by atoms with Crippen LogP contribution in [0.2, 0.25) is 0 Å². The van der Waals surface area contributed by atoms with Gasteiger partial charge in [0.25, 0.3) is 0 Å². The van der Waals surface area contributed by atoms with Crippen LogP contribution in [-0.4, -0.2) is 16.0 Å². The molecule has 0 spiro atoms. The van der Waals surface area contributed by atoms with Gasteiger partial charge >= 0.3 is 115 Å². The molecule has 1 aromatic rings. The number of hydrogen-bond donors (Lipinski definition) is 0. The van der Waals surface area contributed by atoms with Gasteiger partial charge in [-0.1, -0.05) is 0 Å². The fourth-order valence-electron chi connectivity index (χ4n) is 1.05. The molecule has 0 bridgehead atoms. The molecule has 0 aromatic heterocycles. The van der Waals surface area contributed by atoms with Crippen LogP contribution in [0.25, 0.3) is 0 Å². The van der Waals surface area contributed by atoms with E-state index in [1.54, 1.807) is 6.92 Å². The summed E-state index contributed by atoms with van der Waals surface area (Å²) >= 11 is -4.55. The summed E-state index contributed by atoms with van der Waals surface area (Å²) in [4.78, 5) is 0. The minimum absolute atomic E-state index is 0.356. The first-order valence-electron chi connectivity index (χ1n) is 4.67. The van der Waals surface area contributed by atoms with E-state index in [1.807, 2.05) is 0 Å². The normalized spacial score (nSPS) is 14.5. The van der Waals surface area contributed by atoms with Crippen LogP contribution in [0.5, 0.6) is 0 Å². The van der Waals surface area contributed by atoms with Crippen molar-refractivity contribution < 1.29 is 30.7 Å². The van der Waals surface area contributed by atoms with Gasteiger partial charge in [0.05, 0.1) is 0 Å². The molecule has 0 nitrogen and oxygen atoms in total. The Morgan fingerprint density at radius 2 is 1.32 bits per heavy atom. The number of halogens is 9. The van der Waals surface area contributed by atoms with Crippen molar-refractivity contribution in [1.29, 1.82) is 0 Å². The summed E-state index contributed by atoms with van der Waals surface area (Å²) in [6.45, 7) is 1.61. The third-order valence-electron chi connectivity index (χ3n) is 2.12. The standard InChI is InChI=1S/C10H7ClF7I/c1-6-2-4-7(5-3-6)19(11)10(17,18)8(12,13)9(14,15)16/h2-5H,1H3. The molecule has 110 valence electrons. The van der Waals surface area contributed by atoms with Crippen molar-refractivity contribution in [3.8, 4) is 0 Å². The van der Waals surface area contributed by atoms with Gasteiger partial charge in [-0.25, -0.2) is 0 Å². The van der Waals surface area contributed by atoms with E-state index in [9.17, 15) is 30.7 Å². The molecule has 0 saturated carbocycles. The molecular weight excluding hydrogens is 415 g/mol. The van der Waals surface area contributed by atoms with Crippen LogP contribution in [0.15, 0.2) is 24.3 Å². The number of benzene rings is 1. The Labute approximate surface area is 115 Å². The van der Waals surface area contributed by atoms with Crippen molar-refractivity contribution in [1.82, 2.24) is 0 Å². The molecule has 9 heteroatoms. The molecule has 0 atom stereocenters. The van der Waals surface area contributed by atoms with Crippen molar-refractivity contribution in [3.63, 3.8) is 0 Å². The van der Waals surface area contributed by atoms with Gasteiger partial charge < -0.3 is 0 Å². The molecule has 0 fully saturated rings. The molecule has 0 saturated heterocycles. The Morgan fingerprint density at radius 1 is 0.895 bits per heavy atom. The summed E-state index contributed by atoms with van der Waals surface area (Å²) in [5.74, 6) is -6.14. The first kappa shape index (κ1) is 16.8. The van der Waals surface area contributed by atoms with Crippen LogP contribution in [0.1, 0.15) is 5.56 Å². The zero-order valence-corrected chi connectivity index (χ0v) is 12.1. The topological polar surface area (TPSA) is 0 Å². The Kier molecular flexibility index (Phi) is 4.66. The SMILES string of the molecule is Cc1ccc(I(Cl)C(F)(F)C(F)(F)C(F)(F)F)cc1. The molecule has 1 aromatic carbocycles. The van der Waals surface area contributed by atoms with Crippen LogP contribution < -0.4 is 0 Å². The van der Waals surface area contributed by atoms with E-state index >= 15 is 0 Å². The van der Waals surface area contributed by atoms with E-state index in [0.717, 1.165) is 12.1 Å².